The number of ether oxygens (including phenoxy) is 3. The van der Waals surface area contributed by atoms with Crippen LogP contribution in [0.2, 0.25) is 10.0 Å². The number of halogens is 4. The minimum absolute atomic E-state index is 0.0333. The molecule has 1 aliphatic heterocycles. The fourth-order valence-electron chi connectivity index (χ4n) is 3.48. The summed E-state index contributed by atoms with van der Waals surface area (Å²) in [6.07, 6.45) is 1.50. The summed E-state index contributed by atoms with van der Waals surface area (Å²) in [5, 5.41) is 3.53. The molecule has 0 bridgehead atoms. The third-order valence-electron chi connectivity index (χ3n) is 5.39. The molecule has 1 aliphatic rings. The second-order valence-electron chi connectivity index (χ2n) is 7.79. The number of nitrogens with one attached hydrogen (secondary N) is 1. The van der Waals surface area contributed by atoms with E-state index in [0.717, 1.165) is 10.5 Å². The molecule has 38 heavy (non-hydrogen) atoms. The molecular weight excluding hydrogens is 671 g/mol. The van der Waals surface area contributed by atoms with Gasteiger partial charge in [0.25, 0.3) is 5.91 Å². The Bertz CT molecular complexity index is 1470. The van der Waals surface area contributed by atoms with Crippen molar-refractivity contribution in [3.63, 3.8) is 0 Å². The lowest BCUT2D eigenvalue weighted by molar-refractivity contribution is -0.123. The first-order valence-corrected chi connectivity index (χ1v) is 13.1. The van der Waals surface area contributed by atoms with E-state index in [2.05, 4.69) is 41.9 Å². The van der Waals surface area contributed by atoms with E-state index in [4.69, 9.17) is 37.1 Å². The summed E-state index contributed by atoms with van der Waals surface area (Å²) in [5.74, 6) is -0.269. The number of benzene rings is 2. The van der Waals surface area contributed by atoms with Crippen LogP contribution in [0.25, 0.3) is 6.08 Å². The van der Waals surface area contributed by atoms with Gasteiger partial charge < -0.3 is 23.9 Å². The Morgan fingerprint density at radius 3 is 2.55 bits per heavy atom. The number of carbonyl (C=O) groups is 3. The second-order valence-corrected chi connectivity index (χ2v) is 10.2. The van der Waals surface area contributed by atoms with Crippen LogP contribution in [0.15, 0.2) is 55.5 Å². The number of imide groups is 1. The lowest BCUT2D eigenvalue weighted by Gasteiger charge is -2.16. The van der Waals surface area contributed by atoms with Crippen molar-refractivity contribution in [3.8, 4) is 11.5 Å². The SMILES string of the molecule is COC(=O)c1ccc(CN2C(=O)N/C(=C\c3cc(OC)c(OCc4ccc(Cl)cc4Cl)c(Br)c3Br)C2=O)o1. The molecule has 2 aromatic carbocycles. The van der Waals surface area contributed by atoms with E-state index in [1.54, 1.807) is 24.3 Å². The van der Waals surface area contributed by atoms with E-state index < -0.39 is 17.9 Å². The molecule has 9 nitrogen and oxygen atoms in total. The van der Waals surface area contributed by atoms with Gasteiger partial charge in [0, 0.05) is 20.1 Å². The largest absolute Gasteiger partial charge is 0.493 e. The minimum atomic E-state index is -0.665. The molecule has 1 N–H and O–H groups in total. The van der Waals surface area contributed by atoms with E-state index in [1.165, 1.54) is 32.4 Å². The van der Waals surface area contributed by atoms with Crippen molar-refractivity contribution in [3.05, 3.63) is 83.7 Å². The third-order valence-corrected chi connectivity index (χ3v) is 8.12. The average Bonchev–Trinajstić information content (AvgIpc) is 3.47. The molecule has 0 aliphatic carbocycles. The standard InChI is InChI=1S/C25H18Br2Cl2N2O7/c1-35-19-8-13(20(26)21(27)22(19)37-11-12-3-4-14(28)9-16(12)29)7-17-23(32)31(25(34)30-17)10-15-5-6-18(38-15)24(33)36-2/h3-9H,10-11H2,1-2H3,(H,30,34)/b17-7-. The first-order chi connectivity index (χ1) is 18.1. The maximum atomic E-state index is 13.0. The molecule has 3 amide bonds. The van der Waals surface area contributed by atoms with Gasteiger partial charge in [0.05, 0.1) is 25.2 Å². The zero-order chi connectivity index (χ0) is 27.6. The van der Waals surface area contributed by atoms with Crippen LogP contribution in [0.1, 0.15) is 27.4 Å². The van der Waals surface area contributed by atoms with Crippen LogP contribution < -0.4 is 14.8 Å². The van der Waals surface area contributed by atoms with Gasteiger partial charge in [-0.2, -0.15) is 0 Å². The highest BCUT2D eigenvalue weighted by molar-refractivity contribution is 9.13. The molecule has 0 unspecified atom stereocenters. The second kappa shape index (κ2) is 11.8. The summed E-state index contributed by atoms with van der Waals surface area (Å²) in [5.41, 5.74) is 1.29. The molecule has 1 aromatic heterocycles. The molecule has 4 rings (SSSR count). The van der Waals surface area contributed by atoms with Gasteiger partial charge >= 0.3 is 12.0 Å². The number of hydrogen-bond acceptors (Lipinski definition) is 7. The van der Waals surface area contributed by atoms with Gasteiger partial charge in [0.2, 0.25) is 5.76 Å². The molecule has 2 heterocycles. The molecule has 1 fully saturated rings. The van der Waals surface area contributed by atoms with Crippen LogP contribution in [0.3, 0.4) is 0 Å². The van der Waals surface area contributed by atoms with Crippen molar-refractivity contribution >= 4 is 79.0 Å². The predicted molar refractivity (Wildman–Crippen MR) is 146 cm³/mol. The smallest absolute Gasteiger partial charge is 0.373 e. The highest BCUT2D eigenvalue weighted by Crippen LogP contribution is 2.44. The van der Waals surface area contributed by atoms with Crippen LogP contribution in [-0.4, -0.2) is 37.0 Å². The maximum absolute atomic E-state index is 13.0. The molecule has 1 saturated heterocycles. The van der Waals surface area contributed by atoms with E-state index in [9.17, 15) is 14.4 Å². The van der Waals surface area contributed by atoms with Gasteiger partial charge in [-0.1, -0.05) is 29.3 Å². The number of hydrogen-bond donors (Lipinski definition) is 1. The van der Waals surface area contributed by atoms with Crippen molar-refractivity contribution in [2.75, 3.05) is 14.2 Å². The number of rotatable bonds is 8. The van der Waals surface area contributed by atoms with Crippen LogP contribution >= 0.6 is 55.1 Å². The van der Waals surface area contributed by atoms with Crippen molar-refractivity contribution in [2.45, 2.75) is 13.2 Å². The summed E-state index contributed by atoms with van der Waals surface area (Å²) in [6.45, 7) is -0.0287. The van der Waals surface area contributed by atoms with Gasteiger partial charge in [-0.25, -0.2) is 9.59 Å². The Kier molecular flexibility index (Phi) is 8.71. The molecule has 0 saturated carbocycles. The van der Waals surface area contributed by atoms with Crippen LogP contribution in [0, 0.1) is 0 Å². The van der Waals surface area contributed by atoms with Gasteiger partial charge in [0.1, 0.15) is 18.1 Å². The number of esters is 1. The van der Waals surface area contributed by atoms with E-state index in [0.29, 0.717) is 36.1 Å². The highest BCUT2D eigenvalue weighted by Gasteiger charge is 2.35. The Morgan fingerprint density at radius 1 is 1.11 bits per heavy atom. The first-order valence-electron chi connectivity index (χ1n) is 10.8. The molecule has 198 valence electrons. The van der Waals surface area contributed by atoms with E-state index >= 15 is 0 Å². The van der Waals surface area contributed by atoms with E-state index in [-0.39, 0.29) is 30.4 Å². The third kappa shape index (κ3) is 5.85. The first kappa shape index (κ1) is 28.0. The molecule has 3 aromatic rings. The maximum Gasteiger partial charge on any atom is 0.373 e. The summed E-state index contributed by atoms with van der Waals surface area (Å²) in [4.78, 5) is 38.1. The predicted octanol–water partition coefficient (Wildman–Crippen LogP) is 6.58. The number of carbonyl (C=O) groups excluding carboxylic acids is 3. The Morgan fingerprint density at radius 2 is 1.87 bits per heavy atom. The van der Waals surface area contributed by atoms with Crippen molar-refractivity contribution in [2.24, 2.45) is 0 Å². The Labute approximate surface area is 243 Å². The average molecular weight is 689 g/mol. The van der Waals surface area contributed by atoms with Gasteiger partial charge in [-0.3, -0.25) is 9.69 Å². The number of amides is 3. The van der Waals surface area contributed by atoms with E-state index in [1.807, 2.05) is 0 Å². The lowest BCUT2D eigenvalue weighted by Crippen LogP contribution is -2.30. The van der Waals surface area contributed by atoms with Gasteiger partial charge in [-0.15, -0.1) is 0 Å². The van der Waals surface area contributed by atoms with Crippen molar-refractivity contribution in [1.29, 1.82) is 0 Å². The summed E-state index contributed by atoms with van der Waals surface area (Å²) in [7, 11) is 2.70. The summed E-state index contributed by atoms with van der Waals surface area (Å²) >= 11 is 19.2. The van der Waals surface area contributed by atoms with Gasteiger partial charge in [-0.05, 0) is 73.8 Å². The number of methoxy groups -OCH3 is 2. The molecule has 0 spiro atoms. The summed E-state index contributed by atoms with van der Waals surface area (Å²) < 4.78 is 22.5. The van der Waals surface area contributed by atoms with Crippen molar-refractivity contribution < 1.29 is 33.0 Å². The van der Waals surface area contributed by atoms with Crippen LogP contribution in [-0.2, 0) is 22.7 Å². The molecule has 0 radical (unpaired) electrons. The minimum Gasteiger partial charge on any atom is -0.493 e. The number of nitrogens with zero attached hydrogens (tertiary/aromatic N) is 1. The molecular formula is C25H18Br2Cl2N2O7. The molecule has 0 atom stereocenters. The lowest BCUT2D eigenvalue weighted by atomic mass is 10.1. The zero-order valence-electron chi connectivity index (χ0n) is 19.8. The monoisotopic (exact) mass is 686 g/mol. The van der Waals surface area contributed by atoms with Crippen LogP contribution in [0.4, 0.5) is 4.79 Å². The highest BCUT2D eigenvalue weighted by atomic mass is 79.9. The Hall–Kier alpha value is -2.99. The fourth-order valence-corrected chi connectivity index (χ4v) is 4.90. The fraction of sp³-hybridized carbons (Fsp3) is 0.160. The normalized spacial score (nSPS) is 14.2. The Balaban J connectivity index is 1.56. The quantitative estimate of drug-likeness (QED) is 0.162. The van der Waals surface area contributed by atoms with Gasteiger partial charge in [0.15, 0.2) is 11.5 Å². The van der Waals surface area contributed by atoms with Crippen molar-refractivity contribution in [1.82, 2.24) is 10.2 Å². The molecule has 13 heteroatoms. The summed E-state index contributed by atoms with van der Waals surface area (Å²) in [6, 6.07) is 9.00. The van der Waals surface area contributed by atoms with Crippen LogP contribution in [0.5, 0.6) is 11.5 Å². The zero-order valence-corrected chi connectivity index (χ0v) is 24.5. The number of urea groups is 1. The topological polar surface area (TPSA) is 107 Å². The number of furan rings is 1.